The highest BCUT2D eigenvalue weighted by atomic mass is 28.3. The van der Waals surface area contributed by atoms with Gasteiger partial charge >= 0.3 is 0 Å². The standard InChI is InChI=1S/C71H55N5Si2/c1-77(2,3)56-34-29-52(30-35-56)74(50-25-19-46(44-72)20-26-50)54-33-40-66-60(41-54)61-42-55(75(51-27-21-47(45-73)22-28-51)53-31-36-57(37-32-53)78(4,5)6)43-65-70(61)76(66)67-18-12-11-17-62(67)71(65)63-38-23-48-13-7-9-15-58(48)68(63)69-59-16-10-8-14-49(59)24-39-64(69)71/h7-43H,1-6H3. The van der Waals surface area contributed by atoms with Crippen LogP contribution in [0.2, 0.25) is 39.3 Å². The Balaban J connectivity index is 1.14. The summed E-state index contributed by atoms with van der Waals surface area (Å²) in [6, 6.07) is 87.4. The van der Waals surface area contributed by atoms with Gasteiger partial charge in [-0.05, 0) is 164 Å². The van der Waals surface area contributed by atoms with Crippen LogP contribution in [0.4, 0.5) is 34.1 Å². The Hall–Kier alpha value is -9.25. The maximum absolute atomic E-state index is 10.1. The van der Waals surface area contributed by atoms with E-state index in [0.717, 1.165) is 56.1 Å². The van der Waals surface area contributed by atoms with Gasteiger partial charge in [0.25, 0.3) is 0 Å². The Labute approximate surface area is 457 Å². The SMILES string of the molecule is C[Si](C)(C)c1ccc(N(c2ccc(C#N)cc2)c2ccc3c(c2)c2cc(N(c4ccc(C#N)cc4)c4ccc([Si](C)(C)C)cc4)cc4c2n3-c2ccccc2C42c3ccc4ccccc4c3-c3c2ccc2ccccc32)cc1. The van der Waals surface area contributed by atoms with Crippen molar-refractivity contribution >= 4 is 104 Å². The number of hydrogen-bond acceptors (Lipinski definition) is 4. The highest BCUT2D eigenvalue weighted by molar-refractivity contribution is 6.89. The number of rotatable bonds is 8. The molecule has 7 heteroatoms. The molecule has 78 heavy (non-hydrogen) atoms. The molecule has 1 aliphatic carbocycles. The maximum Gasteiger partial charge on any atom is 0.0991 e. The summed E-state index contributed by atoms with van der Waals surface area (Å²) in [4.78, 5) is 4.73. The second kappa shape index (κ2) is 17.4. The molecule has 2 heterocycles. The van der Waals surface area contributed by atoms with Crippen LogP contribution in [-0.4, -0.2) is 20.7 Å². The molecular formula is C71H55N5Si2. The topological polar surface area (TPSA) is 59.0 Å². The molecule has 0 unspecified atom stereocenters. The molecule has 372 valence electrons. The Morgan fingerprint density at radius 2 is 0.808 bits per heavy atom. The van der Waals surface area contributed by atoms with Gasteiger partial charge in [-0.1, -0.05) is 165 Å². The highest BCUT2D eigenvalue weighted by Gasteiger charge is 2.52. The van der Waals surface area contributed by atoms with Gasteiger partial charge in [-0.2, -0.15) is 10.5 Å². The van der Waals surface area contributed by atoms with E-state index in [2.05, 4.69) is 266 Å². The smallest absolute Gasteiger partial charge is 0.0991 e. The van der Waals surface area contributed by atoms with Crippen molar-refractivity contribution in [3.8, 4) is 29.0 Å². The molecule has 0 atom stereocenters. The van der Waals surface area contributed by atoms with Gasteiger partial charge in [0.15, 0.2) is 0 Å². The fraction of sp³-hybridized carbons (Fsp3) is 0.0986. The first-order valence-electron chi connectivity index (χ1n) is 26.9. The van der Waals surface area contributed by atoms with Crippen molar-refractivity contribution in [3.05, 3.63) is 258 Å². The zero-order valence-electron chi connectivity index (χ0n) is 44.6. The molecule has 12 aromatic rings. The largest absolute Gasteiger partial charge is 0.310 e. The molecule has 0 amide bonds. The number of para-hydroxylation sites is 1. The second-order valence-corrected chi connectivity index (χ2v) is 33.3. The summed E-state index contributed by atoms with van der Waals surface area (Å²) in [5, 5.41) is 30.0. The molecule has 0 fully saturated rings. The number of fused-ring (bicyclic) bond motifs is 16. The zero-order valence-corrected chi connectivity index (χ0v) is 46.6. The van der Waals surface area contributed by atoms with Crippen molar-refractivity contribution in [2.45, 2.75) is 44.7 Å². The summed E-state index contributed by atoms with van der Waals surface area (Å²) in [5.41, 5.74) is 17.5. The minimum Gasteiger partial charge on any atom is -0.310 e. The lowest BCUT2D eigenvalue weighted by molar-refractivity contribution is 0.749. The van der Waals surface area contributed by atoms with Crippen LogP contribution in [0, 0.1) is 22.7 Å². The molecule has 1 aromatic heterocycles. The average molecular weight is 1030 g/mol. The van der Waals surface area contributed by atoms with Crippen molar-refractivity contribution in [3.63, 3.8) is 0 Å². The first kappa shape index (κ1) is 47.2. The number of benzene rings is 11. The minimum absolute atomic E-state index is 0.616. The fourth-order valence-corrected chi connectivity index (χ4v) is 15.3. The van der Waals surface area contributed by atoms with Gasteiger partial charge in [0, 0.05) is 44.9 Å². The third-order valence-electron chi connectivity index (χ3n) is 16.7. The van der Waals surface area contributed by atoms with Crippen LogP contribution in [0.5, 0.6) is 0 Å². The lowest BCUT2D eigenvalue weighted by Crippen LogP contribution is -2.37. The van der Waals surface area contributed by atoms with Gasteiger partial charge < -0.3 is 14.4 Å². The molecule has 0 saturated carbocycles. The van der Waals surface area contributed by atoms with E-state index in [-0.39, 0.29) is 0 Å². The van der Waals surface area contributed by atoms with Crippen LogP contribution in [-0.2, 0) is 5.41 Å². The summed E-state index contributed by atoms with van der Waals surface area (Å²) in [5.74, 6) is 0. The molecule has 5 nitrogen and oxygen atoms in total. The zero-order chi connectivity index (χ0) is 53.2. The number of hydrogen-bond donors (Lipinski definition) is 0. The summed E-state index contributed by atoms with van der Waals surface area (Å²) in [6.45, 7) is 14.4. The van der Waals surface area contributed by atoms with Gasteiger partial charge in [-0.25, -0.2) is 0 Å². The van der Waals surface area contributed by atoms with E-state index in [1.54, 1.807) is 0 Å². The molecule has 0 radical (unpaired) electrons. The normalized spacial score (nSPS) is 13.1. The Kier molecular flexibility index (Phi) is 10.5. The molecule has 0 N–H and O–H groups in total. The van der Waals surface area contributed by atoms with Crippen LogP contribution in [0.3, 0.4) is 0 Å². The van der Waals surface area contributed by atoms with Gasteiger partial charge in [-0.3, -0.25) is 0 Å². The molecule has 0 bridgehead atoms. The van der Waals surface area contributed by atoms with E-state index in [0.29, 0.717) is 11.1 Å². The van der Waals surface area contributed by atoms with Crippen molar-refractivity contribution < 1.29 is 0 Å². The number of anilines is 6. The first-order chi connectivity index (χ1) is 37.8. The number of nitrogens with zero attached hydrogens (tertiary/aromatic N) is 5. The van der Waals surface area contributed by atoms with Crippen LogP contribution in [0.15, 0.2) is 224 Å². The predicted molar refractivity (Wildman–Crippen MR) is 331 cm³/mol. The predicted octanol–water partition coefficient (Wildman–Crippen LogP) is 17.5. The van der Waals surface area contributed by atoms with Crippen molar-refractivity contribution in [2.24, 2.45) is 0 Å². The Morgan fingerprint density at radius 3 is 1.31 bits per heavy atom. The molecule has 14 rings (SSSR count). The summed E-state index contributed by atoms with van der Waals surface area (Å²) in [7, 11) is -3.25. The molecule has 11 aromatic carbocycles. The Morgan fingerprint density at radius 1 is 0.372 bits per heavy atom. The van der Waals surface area contributed by atoms with Gasteiger partial charge in [-0.15, -0.1) is 0 Å². The van der Waals surface area contributed by atoms with Crippen LogP contribution in [0.1, 0.15) is 33.4 Å². The van der Waals surface area contributed by atoms with Crippen LogP contribution in [0.25, 0.3) is 60.2 Å². The van der Waals surface area contributed by atoms with Crippen molar-refractivity contribution in [2.75, 3.05) is 9.80 Å². The molecule has 2 aliphatic rings. The average Bonchev–Trinajstić information content (AvgIpc) is 4.13. The van der Waals surface area contributed by atoms with Crippen molar-refractivity contribution in [1.29, 1.82) is 10.5 Å². The third kappa shape index (κ3) is 7.02. The monoisotopic (exact) mass is 1030 g/mol. The van der Waals surface area contributed by atoms with Crippen LogP contribution < -0.4 is 20.2 Å². The van der Waals surface area contributed by atoms with E-state index >= 15 is 0 Å². The maximum atomic E-state index is 10.1. The second-order valence-electron chi connectivity index (χ2n) is 23.2. The quantitative estimate of drug-likeness (QED) is 0.142. The lowest BCUT2D eigenvalue weighted by atomic mass is 9.65. The van der Waals surface area contributed by atoms with E-state index in [4.69, 9.17) is 0 Å². The van der Waals surface area contributed by atoms with Crippen LogP contribution >= 0.6 is 0 Å². The van der Waals surface area contributed by atoms with Gasteiger partial charge in [0.1, 0.15) is 0 Å². The number of nitriles is 2. The van der Waals surface area contributed by atoms with E-state index in [9.17, 15) is 10.5 Å². The minimum atomic E-state index is -1.65. The summed E-state index contributed by atoms with van der Waals surface area (Å²) < 4.78 is 2.54. The summed E-state index contributed by atoms with van der Waals surface area (Å²) >= 11 is 0. The van der Waals surface area contributed by atoms with Gasteiger partial charge in [0.2, 0.25) is 0 Å². The van der Waals surface area contributed by atoms with E-state index in [1.807, 2.05) is 24.3 Å². The molecular weight excluding hydrogens is 979 g/mol. The highest BCUT2D eigenvalue weighted by Crippen LogP contribution is 2.64. The van der Waals surface area contributed by atoms with E-state index in [1.165, 1.54) is 70.8 Å². The fourth-order valence-electron chi connectivity index (χ4n) is 13.0. The Bertz CT molecular complexity index is 4440. The molecule has 1 spiro atoms. The third-order valence-corrected chi connectivity index (χ3v) is 20.8. The van der Waals surface area contributed by atoms with E-state index < -0.39 is 21.6 Å². The molecule has 1 aliphatic heterocycles. The lowest BCUT2D eigenvalue weighted by Gasteiger charge is -2.40. The molecule has 0 saturated heterocycles. The summed E-state index contributed by atoms with van der Waals surface area (Å²) in [6.07, 6.45) is 0. The number of aromatic nitrogens is 1. The van der Waals surface area contributed by atoms with Gasteiger partial charge in [0.05, 0.1) is 61.5 Å². The first-order valence-corrected chi connectivity index (χ1v) is 33.9. The van der Waals surface area contributed by atoms with Crippen molar-refractivity contribution in [1.82, 2.24) is 4.57 Å².